The van der Waals surface area contributed by atoms with E-state index in [4.69, 9.17) is 4.74 Å². The number of halogens is 3. The van der Waals surface area contributed by atoms with E-state index in [1.54, 1.807) is 66.7 Å². The smallest absolute Gasteiger partial charge is 0.271 e. The number of phenols is 2. The highest BCUT2D eigenvalue weighted by Gasteiger charge is 2.19. The predicted molar refractivity (Wildman–Crippen MR) is 130 cm³/mol. The van der Waals surface area contributed by atoms with Gasteiger partial charge in [0.2, 0.25) is 5.91 Å². The number of benzene rings is 3. The van der Waals surface area contributed by atoms with Crippen molar-refractivity contribution >= 4 is 33.4 Å². The van der Waals surface area contributed by atoms with Crippen molar-refractivity contribution in [2.45, 2.75) is 12.6 Å². The molecule has 1 atom stereocenters. The second-order valence-corrected chi connectivity index (χ2v) is 8.64. The standard InChI is InChI=1S/C26H20F3NO4S/c27-21(26(28)29)14-30-23(33)12-3-15-1-9-19(10-2-15)34-24-20-11-8-18(32)13-22(20)35-25(24)16-4-6-17(31)7-5-16/h1-13,21,26,31-32H,14H2,(H,30,33). The Morgan fingerprint density at radius 2 is 1.66 bits per heavy atom. The topological polar surface area (TPSA) is 78.8 Å². The van der Waals surface area contributed by atoms with Crippen molar-refractivity contribution < 1.29 is 32.9 Å². The summed E-state index contributed by atoms with van der Waals surface area (Å²) >= 11 is 1.44. The van der Waals surface area contributed by atoms with Crippen molar-refractivity contribution in [3.05, 3.63) is 78.4 Å². The van der Waals surface area contributed by atoms with Crippen LogP contribution in [0.3, 0.4) is 0 Å². The highest BCUT2D eigenvalue weighted by atomic mass is 32.1. The first-order valence-electron chi connectivity index (χ1n) is 10.5. The zero-order valence-corrected chi connectivity index (χ0v) is 18.9. The normalized spacial score (nSPS) is 12.3. The average molecular weight is 500 g/mol. The number of carbonyl (C=O) groups is 1. The second-order valence-electron chi connectivity index (χ2n) is 7.59. The predicted octanol–water partition coefficient (Wildman–Crippen LogP) is 6.50. The van der Waals surface area contributed by atoms with E-state index < -0.39 is 25.0 Å². The summed E-state index contributed by atoms with van der Waals surface area (Å²) in [6, 6.07) is 18.5. The van der Waals surface area contributed by atoms with E-state index in [2.05, 4.69) is 5.32 Å². The largest absolute Gasteiger partial charge is 0.508 e. The van der Waals surface area contributed by atoms with Crippen LogP contribution in [0.15, 0.2) is 72.8 Å². The molecule has 0 aliphatic carbocycles. The fourth-order valence-corrected chi connectivity index (χ4v) is 4.42. The summed E-state index contributed by atoms with van der Waals surface area (Å²) in [6.45, 7) is -0.761. The molecule has 35 heavy (non-hydrogen) atoms. The Morgan fingerprint density at radius 3 is 2.34 bits per heavy atom. The number of amides is 1. The quantitative estimate of drug-likeness (QED) is 0.242. The number of carbonyl (C=O) groups excluding carboxylic acids is 1. The van der Waals surface area contributed by atoms with Crippen LogP contribution in [0.25, 0.3) is 26.6 Å². The Labute approximate surface area is 202 Å². The van der Waals surface area contributed by atoms with E-state index in [-0.39, 0.29) is 11.5 Å². The van der Waals surface area contributed by atoms with Crippen molar-refractivity contribution in [3.63, 3.8) is 0 Å². The summed E-state index contributed by atoms with van der Waals surface area (Å²) < 4.78 is 44.3. The van der Waals surface area contributed by atoms with Crippen LogP contribution in [-0.2, 0) is 4.79 Å². The molecule has 0 radical (unpaired) electrons. The zero-order valence-electron chi connectivity index (χ0n) is 18.1. The lowest BCUT2D eigenvalue weighted by molar-refractivity contribution is -0.117. The van der Waals surface area contributed by atoms with Crippen LogP contribution in [0.2, 0.25) is 0 Å². The number of hydrogen-bond donors (Lipinski definition) is 3. The number of aromatic hydroxyl groups is 2. The fourth-order valence-electron chi connectivity index (χ4n) is 3.25. The van der Waals surface area contributed by atoms with Gasteiger partial charge in [-0.15, -0.1) is 11.3 Å². The highest BCUT2D eigenvalue weighted by molar-refractivity contribution is 7.22. The first-order chi connectivity index (χ1) is 16.8. The maximum Gasteiger partial charge on any atom is 0.271 e. The van der Waals surface area contributed by atoms with Gasteiger partial charge in [-0.1, -0.05) is 12.1 Å². The van der Waals surface area contributed by atoms with Crippen molar-refractivity contribution in [1.82, 2.24) is 5.32 Å². The lowest BCUT2D eigenvalue weighted by Crippen LogP contribution is -2.32. The molecule has 4 aromatic rings. The van der Waals surface area contributed by atoms with Crippen molar-refractivity contribution in [3.8, 4) is 33.4 Å². The first-order valence-corrected chi connectivity index (χ1v) is 11.3. The van der Waals surface area contributed by atoms with Crippen LogP contribution in [0.1, 0.15) is 5.56 Å². The first kappa shape index (κ1) is 24.2. The van der Waals surface area contributed by atoms with E-state index in [0.29, 0.717) is 17.1 Å². The molecular weight excluding hydrogens is 479 g/mol. The van der Waals surface area contributed by atoms with Crippen LogP contribution in [0.5, 0.6) is 23.0 Å². The van der Waals surface area contributed by atoms with E-state index in [1.165, 1.54) is 17.4 Å². The number of nitrogens with one attached hydrogen (secondary N) is 1. The lowest BCUT2D eigenvalue weighted by atomic mass is 10.1. The Kier molecular flexibility index (Phi) is 7.26. The van der Waals surface area contributed by atoms with Gasteiger partial charge in [-0.2, -0.15) is 0 Å². The minimum absolute atomic E-state index is 0.138. The van der Waals surface area contributed by atoms with Crippen LogP contribution in [0.4, 0.5) is 13.2 Å². The van der Waals surface area contributed by atoms with Gasteiger partial charge < -0.3 is 20.3 Å². The molecule has 1 unspecified atom stereocenters. The molecule has 9 heteroatoms. The molecular formula is C26H20F3NO4S. The molecule has 4 rings (SSSR count). The van der Waals surface area contributed by atoms with E-state index in [0.717, 1.165) is 26.6 Å². The molecule has 1 amide bonds. The summed E-state index contributed by atoms with van der Waals surface area (Å²) in [5.41, 5.74) is 1.49. The average Bonchev–Trinajstić information content (AvgIpc) is 3.19. The van der Waals surface area contributed by atoms with Gasteiger partial charge in [-0.05, 0) is 71.8 Å². The molecule has 5 nitrogen and oxygen atoms in total. The third-order valence-corrected chi connectivity index (χ3v) is 6.21. The molecule has 0 fully saturated rings. The molecule has 0 spiro atoms. The van der Waals surface area contributed by atoms with Crippen LogP contribution < -0.4 is 10.1 Å². The number of thiophene rings is 1. The molecule has 3 aromatic carbocycles. The highest BCUT2D eigenvalue weighted by Crippen LogP contribution is 2.47. The van der Waals surface area contributed by atoms with Gasteiger partial charge in [0, 0.05) is 16.2 Å². The summed E-state index contributed by atoms with van der Waals surface area (Å²) in [7, 11) is 0. The third kappa shape index (κ3) is 5.93. The van der Waals surface area contributed by atoms with Crippen molar-refractivity contribution in [2.75, 3.05) is 6.54 Å². The van der Waals surface area contributed by atoms with Crippen LogP contribution in [-0.4, -0.2) is 35.3 Å². The SMILES string of the molecule is O=C(C=Cc1ccc(Oc2c(-c3ccc(O)cc3)sc3cc(O)ccc23)cc1)NCC(F)C(F)F. The van der Waals surface area contributed by atoms with Gasteiger partial charge >= 0.3 is 0 Å². The zero-order chi connectivity index (χ0) is 24.9. The molecule has 0 aliphatic heterocycles. The molecule has 180 valence electrons. The summed E-state index contributed by atoms with van der Waals surface area (Å²) in [5.74, 6) is 0.722. The van der Waals surface area contributed by atoms with Gasteiger partial charge in [0.25, 0.3) is 6.43 Å². The van der Waals surface area contributed by atoms with Gasteiger partial charge in [-0.3, -0.25) is 4.79 Å². The minimum Gasteiger partial charge on any atom is -0.508 e. The number of alkyl halides is 3. The van der Waals surface area contributed by atoms with Gasteiger partial charge in [0.1, 0.15) is 17.2 Å². The molecule has 3 N–H and O–H groups in total. The molecule has 0 saturated heterocycles. The summed E-state index contributed by atoms with van der Waals surface area (Å²) in [5, 5.41) is 22.4. The summed E-state index contributed by atoms with van der Waals surface area (Å²) in [4.78, 5) is 12.5. The van der Waals surface area contributed by atoms with Gasteiger partial charge in [0.15, 0.2) is 11.9 Å². The maximum atomic E-state index is 12.9. The molecule has 0 saturated carbocycles. The second kappa shape index (κ2) is 10.5. The monoisotopic (exact) mass is 499 g/mol. The summed E-state index contributed by atoms with van der Waals surface area (Å²) in [6.07, 6.45) is -2.95. The third-order valence-electron chi connectivity index (χ3n) is 5.03. The number of ether oxygens (including phenoxy) is 1. The Morgan fingerprint density at radius 1 is 0.971 bits per heavy atom. The minimum atomic E-state index is -3.15. The number of fused-ring (bicyclic) bond motifs is 1. The van der Waals surface area contributed by atoms with Crippen molar-refractivity contribution in [1.29, 1.82) is 0 Å². The van der Waals surface area contributed by atoms with E-state index >= 15 is 0 Å². The van der Waals surface area contributed by atoms with Gasteiger partial charge in [0.05, 0.1) is 11.4 Å². The molecule has 1 heterocycles. The Bertz CT molecular complexity index is 1350. The van der Waals surface area contributed by atoms with Crippen molar-refractivity contribution in [2.24, 2.45) is 0 Å². The van der Waals surface area contributed by atoms with Gasteiger partial charge in [-0.25, -0.2) is 13.2 Å². The maximum absolute atomic E-state index is 12.9. The Hall–Kier alpha value is -3.98. The molecule has 0 aliphatic rings. The van der Waals surface area contributed by atoms with E-state index in [1.807, 2.05) is 0 Å². The van der Waals surface area contributed by atoms with Crippen LogP contribution >= 0.6 is 11.3 Å². The molecule has 0 bridgehead atoms. The fraction of sp³-hybridized carbons (Fsp3) is 0.115. The number of hydrogen-bond acceptors (Lipinski definition) is 5. The Balaban J connectivity index is 1.53. The van der Waals surface area contributed by atoms with E-state index in [9.17, 15) is 28.2 Å². The number of phenolic OH excluding ortho intramolecular Hbond substituents is 2. The number of rotatable bonds is 8. The van der Waals surface area contributed by atoms with Crippen LogP contribution in [0, 0.1) is 0 Å². The molecule has 1 aromatic heterocycles. The lowest BCUT2D eigenvalue weighted by Gasteiger charge is -2.09.